The van der Waals surface area contributed by atoms with Gasteiger partial charge in [0, 0.05) is 52.0 Å². The normalized spacial score (nSPS) is 18.5. The van der Waals surface area contributed by atoms with Crippen LogP contribution in [-0.2, 0) is 6.42 Å². The maximum absolute atomic E-state index is 14.2. The summed E-state index contributed by atoms with van der Waals surface area (Å²) in [4.78, 5) is 19.8. The summed E-state index contributed by atoms with van der Waals surface area (Å²) in [5.74, 6) is -1.07. The first-order valence-electron chi connectivity index (χ1n) is 10.9. The number of nitrogens with one attached hydrogen (secondary N) is 1. The fraction of sp³-hybridized carbons (Fsp3) is 0.458. The zero-order chi connectivity index (χ0) is 22.0. The Balaban J connectivity index is 1.57. The summed E-state index contributed by atoms with van der Waals surface area (Å²) in [5, 5.41) is 3.08. The first-order valence-corrected chi connectivity index (χ1v) is 11.3. The Kier molecular flexibility index (Phi) is 6.80. The molecule has 1 atom stereocenters. The van der Waals surface area contributed by atoms with Crippen molar-refractivity contribution >= 4 is 23.2 Å². The number of carbonyl (C=O) groups is 1. The largest absolute Gasteiger partial charge is 0.374 e. The Labute approximate surface area is 188 Å². The van der Waals surface area contributed by atoms with Gasteiger partial charge in [0.05, 0.1) is 16.6 Å². The number of anilines is 1. The Morgan fingerprint density at radius 2 is 1.90 bits per heavy atom. The summed E-state index contributed by atoms with van der Waals surface area (Å²) in [5.41, 5.74) is 3.75. The summed E-state index contributed by atoms with van der Waals surface area (Å²) >= 11 is 6.09. The van der Waals surface area contributed by atoms with Crippen LogP contribution in [0.3, 0.4) is 0 Å². The molecule has 31 heavy (non-hydrogen) atoms. The number of amides is 1. The van der Waals surface area contributed by atoms with Crippen molar-refractivity contribution in [3.63, 3.8) is 0 Å². The van der Waals surface area contributed by atoms with Gasteiger partial charge in [0.2, 0.25) is 0 Å². The molecule has 1 N–H and O–H groups in total. The number of likely N-dealkylation sites (N-methyl/N-ethyl adjacent to an activating group) is 1. The van der Waals surface area contributed by atoms with E-state index < -0.39 is 11.7 Å². The summed E-state index contributed by atoms with van der Waals surface area (Å²) in [6.07, 6.45) is 2.22. The number of hydrogen-bond donors (Lipinski definition) is 1. The molecule has 0 spiro atoms. The molecule has 2 heterocycles. The summed E-state index contributed by atoms with van der Waals surface area (Å²) in [6.45, 7) is 5.30. The number of nitrogens with zero attached hydrogens (tertiary/aromatic N) is 3. The van der Waals surface area contributed by atoms with E-state index in [1.165, 1.54) is 35.0 Å². The van der Waals surface area contributed by atoms with Crippen LogP contribution in [0.15, 0.2) is 36.4 Å². The van der Waals surface area contributed by atoms with E-state index >= 15 is 0 Å². The van der Waals surface area contributed by atoms with Gasteiger partial charge in [-0.25, -0.2) is 4.39 Å². The highest BCUT2D eigenvalue weighted by atomic mass is 35.5. The first-order chi connectivity index (χ1) is 14.9. The lowest BCUT2D eigenvalue weighted by Gasteiger charge is -2.39. The monoisotopic (exact) mass is 444 g/mol. The number of piperazine rings is 1. The lowest BCUT2D eigenvalue weighted by Crippen LogP contribution is -2.48. The Hall–Kier alpha value is -2.15. The van der Waals surface area contributed by atoms with Crippen LogP contribution in [-0.4, -0.2) is 69.1 Å². The average molecular weight is 445 g/mol. The molecule has 0 aromatic heterocycles. The number of fused-ring (bicyclic) bond motifs is 1. The quantitative estimate of drug-likeness (QED) is 0.765. The third-order valence-corrected chi connectivity index (χ3v) is 6.78. The molecule has 0 radical (unpaired) electrons. The molecule has 1 saturated heterocycles. The molecule has 2 aliphatic rings. The molecule has 4 rings (SSSR count). The van der Waals surface area contributed by atoms with Gasteiger partial charge in [-0.15, -0.1) is 0 Å². The van der Waals surface area contributed by atoms with E-state index in [2.05, 4.69) is 52.3 Å². The highest BCUT2D eigenvalue weighted by Crippen LogP contribution is 2.31. The molecule has 0 aliphatic carbocycles. The van der Waals surface area contributed by atoms with Crippen molar-refractivity contribution in [2.45, 2.75) is 18.9 Å². The van der Waals surface area contributed by atoms with Crippen molar-refractivity contribution in [3.05, 3.63) is 63.9 Å². The van der Waals surface area contributed by atoms with Crippen LogP contribution in [0.5, 0.6) is 0 Å². The SMILES string of the molecule is CN1CCN([C@H](CNC(=O)c2c(F)cccc2Cl)c2ccc3c(c2)CCCN3C)CC1. The maximum atomic E-state index is 14.2. The van der Waals surface area contributed by atoms with Crippen molar-refractivity contribution in [1.29, 1.82) is 0 Å². The Morgan fingerprint density at radius 1 is 1.13 bits per heavy atom. The first kappa shape index (κ1) is 22.1. The zero-order valence-electron chi connectivity index (χ0n) is 18.2. The van der Waals surface area contributed by atoms with Crippen molar-refractivity contribution in [2.75, 3.05) is 58.3 Å². The van der Waals surface area contributed by atoms with Crippen LogP contribution in [0.2, 0.25) is 5.02 Å². The molecule has 166 valence electrons. The van der Waals surface area contributed by atoms with Crippen molar-refractivity contribution in [2.24, 2.45) is 0 Å². The van der Waals surface area contributed by atoms with Gasteiger partial charge in [-0.05, 0) is 49.2 Å². The van der Waals surface area contributed by atoms with E-state index in [0.29, 0.717) is 6.54 Å². The topological polar surface area (TPSA) is 38.8 Å². The van der Waals surface area contributed by atoms with Gasteiger partial charge in [-0.2, -0.15) is 0 Å². The third-order valence-electron chi connectivity index (χ3n) is 6.46. The van der Waals surface area contributed by atoms with Crippen LogP contribution in [0, 0.1) is 5.82 Å². The second-order valence-electron chi connectivity index (χ2n) is 8.57. The number of halogens is 2. The van der Waals surface area contributed by atoms with E-state index in [4.69, 9.17) is 11.6 Å². The van der Waals surface area contributed by atoms with Gasteiger partial charge in [-0.3, -0.25) is 9.69 Å². The van der Waals surface area contributed by atoms with Gasteiger partial charge in [0.15, 0.2) is 0 Å². The molecule has 1 fully saturated rings. The number of hydrogen-bond acceptors (Lipinski definition) is 4. The van der Waals surface area contributed by atoms with Crippen LogP contribution < -0.4 is 10.2 Å². The van der Waals surface area contributed by atoms with Gasteiger partial charge < -0.3 is 15.1 Å². The predicted molar refractivity (Wildman–Crippen MR) is 124 cm³/mol. The van der Waals surface area contributed by atoms with Crippen molar-refractivity contribution in [3.8, 4) is 0 Å². The Morgan fingerprint density at radius 3 is 2.65 bits per heavy atom. The Bertz CT molecular complexity index is 925. The van der Waals surface area contributed by atoms with Gasteiger partial charge in [-0.1, -0.05) is 29.8 Å². The van der Waals surface area contributed by atoms with Gasteiger partial charge in [0.25, 0.3) is 5.91 Å². The molecule has 2 aliphatic heterocycles. The van der Waals surface area contributed by atoms with E-state index in [-0.39, 0.29) is 16.6 Å². The molecular weight excluding hydrogens is 415 g/mol. The number of carbonyl (C=O) groups excluding carboxylic acids is 1. The van der Waals surface area contributed by atoms with Crippen molar-refractivity contribution < 1.29 is 9.18 Å². The average Bonchev–Trinajstić information content (AvgIpc) is 2.75. The number of aryl methyl sites for hydroxylation is 1. The van der Waals surface area contributed by atoms with Crippen LogP contribution >= 0.6 is 11.6 Å². The van der Waals surface area contributed by atoms with E-state index in [0.717, 1.165) is 45.6 Å². The molecule has 2 aromatic carbocycles. The van der Waals surface area contributed by atoms with E-state index in [1.54, 1.807) is 0 Å². The molecular formula is C24H30ClFN4O. The van der Waals surface area contributed by atoms with Crippen LogP contribution in [0.4, 0.5) is 10.1 Å². The molecule has 5 nitrogen and oxygen atoms in total. The maximum Gasteiger partial charge on any atom is 0.255 e. The minimum atomic E-state index is -0.599. The van der Waals surface area contributed by atoms with E-state index in [1.807, 2.05) is 0 Å². The minimum absolute atomic E-state index is 0.0285. The van der Waals surface area contributed by atoms with Crippen molar-refractivity contribution in [1.82, 2.24) is 15.1 Å². The number of benzene rings is 2. The fourth-order valence-electron chi connectivity index (χ4n) is 4.60. The molecule has 2 aromatic rings. The highest BCUT2D eigenvalue weighted by Gasteiger charge is 2.27. The fourth-order valence-corrected chi connectivity index (χ4v) is 4.85. The molecule has 0 bridgehead atoms. The number of rotatable bonds is 5. The highest BCUT2D eigenvalue weighted by molar-refractivity contribution is 6.33. The van der Waals surface area contributed by atoms with Crippen LogP contribution in [0.25, 0.3) is 0 Å². The summed E-state index contributed by atoms with van der Waals surface area (Å²) in [6, 6.07) is 11.0. The minimum Gasteiger partial charge on any atom is -0.374 e. The summed E-state index contributed by atoms with van der Waals surface area (Å²) in [7, 11) is 4.26. The molecule has 7 heteroatoms. The smallest absolute Gasteiger partial charge is 0.255 e. The second-order valence-corrected chi connectivity index (χ2v) is 8.98. The summed E-state index contributed by atoms with van der Waals surface area (Å²) < 4.78 is 14.2. The molecule has 0 saturated carbocycles. The zero-order valence-corrected chi connectivity index (χ0v) is 19.0. The lowest BCUT2D eigenvalue weighted by molar-refractivity contribution is 0.0883. The second kappa shape index (κ2) is 9.55. The molecule has 0 unspecified atom stereocenters. The third kappa shape index (κ3) is 4.86. The predicted octanol–water partition coefficient (Wildman–Crippen LogP) is 3.58. The van der Waals surface area contributed by atoms with E-state index in [9.17, 15) is 9.18 Å². The lowest BCUT2D eigenvalue weighted by atomic mass is 9.95. The van der Waals surface area contributed by atoms with Gasteiger partial charge in [0.1, 0.15) is 5.82 Å². The van der Waals surface area contributed by atoms with Gasteiger partial charge >= 0.3 is 0 Å². The molecule has 1 amide bonds. The standard InChI is InChI=1S/C24H30ClFN4O/c1-28-11-13-30(14-12-28)22(16-27-24(31)23-19(25)6-3-7-20(23)26)18-8-9-21-17(15-18)5-4-10-29(21)2/h3,6-9,15,22H,4-5,10-14,16H2,1-2H3,(H,27,31)/t22-/m1/s1. The van der Waals surface area contributed by atoms with Crippen LogP contribution in [0.1, 0.15) is 33.9 Å².